The molecular weight excluding hydrogens is 398 g/mol. The molecule has 0 spiro atoms. The summed E-state index contributed by atoms with van der Waals surface area (Å²) >= 11 is 0. The standard InChI is InChI=1S/C30H46F2/c1-2-3-4-5-6-22-7-9-23(10-8-22)11-12-24-13-14-26-18-27(16-15-25(26)17-24)28-19-29(31)21-30(32)20-28/h19-27H,2-18H2,1H3. The fourth-order valence-electron chi connectivity index (χ4n) is 7.50. The van der Waals surface area contributed by atoms with Crippen LogP contribution in [-0.2, 0) is 0 Å². The molecule has 1 aromatic rings. The Bertz CT molecular complexity index is 670. The van der Waals surface area contributed by atoms with E-state index in [2.05, 4.69) is 6.92 Å². The molecule has 0 aliphatic heterocycles. The molecule has 3 saturated carbocycles. The molecule has 0 heterocycles. The fourth-order valence-corrected chi connectivity index (χ4v) is 7.50. The van der Waals surface area contributed by atoms with Crippen molar-refractivity contribution in [3.63, 3.8) is 0 Å². The van der Waals surface area contributed by atoms with Gasteiger partial charge in [-0.1, -0.05) is 84.0 Å². The van der Waals surface area contributed by atoms with E-state index in [-0.39, 0.29) is 0 Å². The Morgan fingerprint density at radius 2 is 1.22 bits per heavy atom. The van der Waals surface area contributed by atoms with Crippen molar-refractivity contribution in [1.29, 1.82) is 0 Å². The van der Waals surface area contributed by atoms with Crippen LogP contribution >= 0.6 is 0 Å². The highest BCUT2D eigenvalue weighted by Crippen LogP contribution is 2.49. The summed E-state index contributed by atoms with van der Waals surface area (Å²) in [6.45, 7) is 2.30. The van der Waals surface area contributed by atoms with E-state index >= 15 is 0 Å². The first-order valence-electron chi connectivity index (χ1n) is 14.1. The number of hydrogen-bond acceptors (Lipinski definition) is 0. The molecule has 0 aromatic heterocycles. The van der Waals surface area contributed by atoms with E-state index in [1.807, 2.05) is 0 Å². The normalized spacial score (nSPS) is 33.1. The van der Waals surface area contributed by atoms with Crippen molar-refractivity contribution in [3.05, 3.63) is 35.4 Å². The quantitative estimate of drug-likeness (QED) is 0.332. The third-order valence-electron chi connectivity index (χ3n) is 9.49. The number of rotatable bonds is 9. The maximum absolute atomic E-state index is 13.7. The molecule has 0 radical (unpaired) electrons. The summed E-state index contributed by atoms with van der Waals surface area (Å²) in [5, 5.41) is 0. The highest BCUT2D eigenvalue weighted by Gasteiger charge is 2.36. The van der Waals surface area contributed by atoms with Gasteiger partial charge in [0.05, 0.1) is 0 Å². The van der Waals surface area contributed by atoms with Crippen LogP contribution in [-0.4, -0.2) is 0 Å². The van der Waals surface area contributed by atoms with Gasteiger partial charge in [0, 0.05) is 6.07 Å². The first kappa shape index (κ1) is 24.2. The predicted molar refractivity (Wildman–Crippen MR) is 131 cm³/mol. The van der Waals surface area contributed by atoms with Crippen LogP contribution in [0.1, 0.15) is 128 Å². The zero-order valence-electron chi connectivity index (χ0n) is 20.5. The Balaban J connectivity index is 1.15. The minimum absolute atomic E-state index is 0.357. The van der Waals surface area contributed by atoms with Gasteiger partial charge in [0.15, 0.2) is 0 Å². The molecule has 0 saturated heterocycles. The number of hydrogen-bond donors (Lipinski definition) is 0. The third kappa shape index (κ3) is 6.80. The molecule has 0 nitrogen and oxygen atoms in total. The molecule has 0 amide bonds. The zero-order valence-corrected chi connectivity index (χ0v) is 20.5. The van der Waals surface area contributed by atoms with Crippen molar-refractivity contribution >= 4 is 0 Å². The molecular formula is C30H46F2. The Morgan fingerprint density at radius 3 is 1.94 bits per heavy atom. The van der Waals surface area contributed by atoms with Crippen molar-refractivity contribution in [2.45, 2.75) is 122 Å². The SMILES string of the molecule is CCCCCCC1CCC(CCC2CCC3CC(c4cc(F)cc(F)c4)CCC3C2)CC1. The summed E-state index contributed by atoms with van der Waals surface area (Å²) in [6, 6.07) is 4.14. The van der Waals surface area contributed by atoms with E-state index in [0.29, 0.717) is 5.92 Å². The minimum atomic E-state index is -0.420. The predicted octanol–water partition coefficient (Wildman–Crippen LogP) is 9.82. The maximum atomic E-state index is 13.7. The highest BCUT2D eigenvalue weighted by molar-refractivity contribution is 5.22. The lowest BCUT2D eigenvalue weighted by atomic mass is 9.63. The van der Waals surface area contributed by atoms with Crippen LogP contribution in [0.2, 0.25) is 0 Å². The van der Waals surface area contributed by atoms with Gasteiger partial charge in [-0.3, -0.25) is 0 Å². The first-order valence-corrected chi connectivity index (χ1v) is 14.1. The number of benzene rings is 1. The van der Waals surface area contributed by atoms with Crippen LogP contribution in [0.4, 0.5) is 8.78 Å². The summed E-state index contributed by atoms with van der Waals surface area (Å²) in [7, 11) is 0. The summed E-state index contributed by atoms with van der Waals surface area (Å²) < 4.78 is 27.3. The summed E-state index contributed by atoms with van der Waals surface area (Å²) in [5.41, 5.74) is 0.893. The molecule has 180 valence electrons. The molecule has 3 fully saturated rings. The summed E-state index contributed by atoms with van der Waals surface area (Å²) in [4.78, 5) is 0. The lowest BCUT2D eigenvalue weighted by Crippen LogP contribution is -2.30. The molecule has 0 bridgehead atoms. The van der Waals surface area contributed by atoms with E-state index in [4.69, 9.17) is 0 Å². The monoisotopic (exact) mass is 444 g/mol. The second-order valence-corrected chi connectivity index (χ2v) is 11.7. The van der Waals surface area contributed by atoms with Gasteiger partial charge in [-0.05, 0) is 85.3 Å². The van der Waals surface area contributed by atoms with Crippen LogP contribution in [0.3, 0.4) is 0 Å². The number of unbranched alkanes of at least 4 members (excludes halogenated alkanes) is 3. The average molecular weight is 445 g/mol. The second kappa shape index (κ2) is 12.0. The van der Waals surface area contributed by atoms with Gasteiger partial charge >= 0.3 is 0 Å². The maximum Gasteiger partial charge on any atom is 0.126 e. The molecule has 0 N–H and O–H groups in total. The van der Waals surface area contributed by atoms with E-state index in [1.54, 1.807) is 12.1 Å². The van der Waals surface area contributed by atoms with E-state index in [0.717, 1.165) is 54.1 Å². The van der Waals surface area contributed by atoms with Gasteiger partial charge in [0.1, 0.15) is 11.6 Å². The zero-order chi connectivity index (χ0) is 22.3. The lowest BCUT2D eigenvalue weighted by Gasteiger charge is -2.42. The molecule has 4 unspecified atom stereocenters. The summed E-state index contributed by atoms with van der Waals surface area (Å²) in [5.74, 6) is 4.12. The smallest absolute Gasteiger partial charge is 0.126 e. The van der Waals surface area contributed by atoms with Crippen molar-refractivity contribution in [3.8, 4) is 0 Å². The summed E-state index contributed by atoms with van der Waals surface area (Å²) in [6.07, 6.45) is 23.7. The molecule has 2 heteroatoms. The van der Waals surface area contributed by atoms with Crippen LogP contribution in [0, 0.1) is 41.2 Å². The molecule has 3 aliphatic rings. The minimum Gasteiger partial charge on any atom is -0.207 e. The van der Waals surface area contributed by atoms with Gasteiger partial charge in [-0.15, -0.1) is 0 Å². The van der Waals surface area contributed by atoms with Gasteiger partial charge in [-0.2, -0.15) is 0 Å². The van der Waals surface area contributed by atoms with Crippen molar-refractivity contribution in [1.82, 2.24) is 0 Å². The highest BCUT2D eigenvalue weighted by atomic mass is 19.1. The van der Waals surface area contributed by atoms with Crippen molar-refractivity contribution < 1.29 is 8.78 Å². The van der Waals surface area contributed by atoms with Gasteiger partial charge in [0.25, 0.3) is 0 Å². The first-order chi connectivity index (χ1) is 15.6. The number of halogens is 2. The van der Waals surface area contributed by atoms with Gasteiger partial charge in [-0.25, -0.2) is 8.78 Å². The molecule has 32 heavy (non-hydrogen) atoms. The van der Waals surface area contributed by atoms with E-state index in [9.17, 15) is 8.78 Å². The largest absolute Gasteiger partial charge is 0.207 e. The van der Waals surface area contributed by atoms with Crippen LogP contribution in [0.5, 0.6) is 0 Å². The second-order valence-electron chi connectivity index (χ2n) is 11.7. The van der Waals surface area contributed by atoms with Crippen molar-refractivity contribution in [2.75, 3.05) is 0 Å². The Morgan fingerprint density at radius 1 is 0.625 bits per heavy atom. The van der Waals surface area contributed by atoms with E-state index < -0.39 is 11.6 Å². The van der Waals surface area contributed by atoms with E-state index in [1.165, 1.54) is 96.3 Å². The molecule has 1 aromatic carbocycles. The van der Waals surface area contributed by atoms with Gasteiger partial charge in [0.2, 0.25) is 0 Å². The Hall–Kier alpha value is -0.920. The topological polar surface area (TPSA) is 0 Å². The average Bonchev–Trinajstić information content (AvgIpc) is 2.80. The third-order valence-corrected chi connectivity index (χ3v) is 9.49. The van der Waals surface area contributed by atoms with Crippen molar-refractivity contribution in [2.24, 2.45) is 29.6 Å². The van der Waals surface area contributed by atoms with Crippen LogP contribution < -0.4 is 0 Å². The number of fused-ring (bicyclic) bond motifs is 1. The van der Waals surface area contributed by atoms with Gasteiger partial charge < -0.3 is 0 Å². The fraction of sp³-hybridized carbons (Fsp3) is 0.800. The molecule has 4 atom stereocenters. The lowest BCUT2D eigenvalue weighted by molar-refractivity contribution is 0.108. The Kier molecular flexibility index (Phi) is 9.06. The Labute approximate surface area is 196 Å². The van der Waals surface area contributed by atoms with Crippen LogP contribution in [0.15, 0.2) is 18.2 Å². The van der Waals surface area contributed by atoms with Crippen LogP contribution in [0.25, 0.3) is 0 Å². The molecule has 4 rings (SSSR count). The molecule has 3 aliphatic carbocycles.